The second-order valence-corrected chi connectivity index (χ2v) is 2.30. The largest absolute Gasteiger partial charge is 0.297 e. The van der Waals surface area contributed by atoms with E-state index >= 15 is 0 Å². The van der Waals surface area contributed by atoms with E-state index in [1.807, 2.05) is 0 Å². The fourth-order valence-electron chi connectivity index (χ4n) is 0.566. The Labute approximate surface area is 83.5 Å². The number of hydrogen-bond acceptors (Lipinski definition) is 2. The van der Waals surface area contributed by atoms with Crippen LogP contribution in [0.5, 0.6) is 0 Å². The summed E-state index contributed by atoms with van der Waals surface area (Å²) in [6, 6.07) is 0. The maximum atomic E-state index is 2.12. The van der Waals surface area contributed by atoms with Gasteiger partial charge < -0.3 is 0 Å². The summed E-state index contributed by atoms with van der Waals surface area (Å²) in [5.74, 6) is 0. The third-order valence-corrected chi connectivity index (χ3v) is 0.566. The number of hydrogen-bond donors (Lipinski definition) is 0. The van der Waals surface area contributed by atoms with Gasteiger partial charge >= 0.3 is 0 Å². The first-order valence-electron chi connectivity index (χ1n) is 2.42. The summed E-state index contributed by atoms with van der Waals surface area (Å²) in [6.07, 6.45) is 0. The second kappa shape index (κ2) is 9.17. The molecule has 0 aliphatic carbocycles. The molecule has 2 radical (unpaired) electrons. The van der Waals surface area contributed by atoms with Crippen molar-refractivity contribution < 1.29 is 39.0 Å². The van der Waals surface area contributed by atoms with Crippen LogP contribution in [0.3, 0.4) is 0 Å². The molecule has 0 fully saturated rings. The Hall–Kier alpha value is 1.17. The van der Waals surface area contributed by atoms with E-state index in [9.17, 15) is 0 Å². The third kappa shape index (κ3) is 17.6. The van der Waals surface area contributed by atoms with Crippen molar-refractivity contribution in [3.63, 3.8) is 0 Å². The van der Waals surface area contributed by atoms with E-state index < -0.39 is 0 Å². The van der Waals surface area contributed by atoms with Crippen LogP contribution in [0.1, 0.15) is 0 Å². The smallest absolute Gasteiger partial charge is 0.0495 e. The van der Waals surface area contributed by atoms with Crippen LogP contribution in [0.25, 0.3) is 0 Å². The quantitative estimate of drug-likeness (QED) is 0.526. The van der Waals surface area contributed by atoms with Gasteiger partial charge in [-0.05, 0) is 28.2 Å². The van der Waals surface area contributed by atoms with Crippen molar-refractivity contribution in [2.45, 2.75) is 0 Å². The third-order valence-electron chi connectivity index (χ3n) is 0.566. The summed E-state index contributed by atoms with van der Waals surface area (Å²) in [7, 11) is 8.22. The average Bonchev–Trinajstić information content (AvgIpc) is 1.27. The molecule has 0 unspecified atom stereocenters. The van der Waals surface area contributed by atoms with Crippen LogP contribution in [-0.4, -0.2) is 44.7 Å². The van der Waals surface area contributed by atoms with E-state index in [1.165, 1.54) is 0 Å². The molecule has 0 aromatic heterocycles. The second-order valence-electron chi connectivity index (χ2n) is 2.30. The summed E-state index contributed by atoms with van der Waals surface area (Å²) in [5.41, 5.74) is 0. The molecule has 0 aromatic carbocycles. The first-order chi connectivity index (χ1) is 3.13. The number of rotatable bonds is 2. The predicted molar refractivity (Wildman–Crippen MR) is 32.2 cm³/mol. The zero-order chi connectivity index (χ0) is 5.86. The van der Waals surface area contributed by atoms with E-state index in [1.54, 1.807) is 0 Å². The van der Waals surface area contributed by atoms with Gasteiger partial charge in [-0.3, -0.25) is 9.80 Å². The maximum Gasteiger partial charge on any atom is 0.0495 e. The topological polar surface area (TPSA) is 6.48 Å². The minimum Gasteiger partial charge on any atom is -0.297 e. The summed E-state index contributed by atoms with van der Waals surface area (Å²) in [5, 5.41) is 0. The van der Waals surface area contributed by atoms with Crippen molar-refractivity contribution in [2.24, 2.45) is 0 Å². The van der Waals surface area contributed by atoms with Gasteiger partial charge in [0.15, 0.2) is 0 Å². The van der Waals surface area contributed by atoms with Crippen molar-refractivity contribution >= 4 is 0 Å². The molecule has 0 heterocycles. The van der Waals surface area contributed by atoms with E-state index in [-0.39, 0.29) is 39.0 Å². The Morgan fingerprint density at radius 3 is 1.00 bits per heavy atom. The molecule has 0 aromatic rings. The first-order valence-corrected chi connectivity index (χ1v) is 2.42. The standard InChI is InChI=1S/C5H14N2.2Rh/c1-6(2)5-7(3)4;;/h5H2,1-4H3;;. The van der Waals surface area contributed by atoms with Gasteiger partial charge in [-0.2, -0.15) is 0 Å². The van der Waals surface area contributed by atoms with Crippen molar-refractivity contribution in [1.29, 1.82) is 0 Å². The van der Waals surface area contributed by atoms with Gasteiger partial charge in [0.2, 0.25) is 0 Å². The number of nitrogens with zero attached hydrogens (tertiary/aromatic N) is 2. The van der Waals surface area contributed by atoms with Crippen LogP contribution in [0, 0.1) is 0 Å². The molecule has 0 bridgehead atoms. The van der Waals surface area contributed by atoms with Crippen LogP contribution in [0.4, 0.5) is 0 Å². The Morgan fingerprint density at radius 2 is 1.00 bits per heavy atom. The summed E-state index contributed by atoms with van der Waals surface area (Å²) < 4.78 is 0. The molecule has 62 valence electrons. The van der Waals surface area contributed by atoms with Gasteiger partial charge in [0.25, 0.3) is 0 Å². The fourth-order valence-corrected chi connectivity index (χ4v) is 0.566. The van der Waals surface area contributed by atoms with Crippen molar-refractivity contribution in [3.8, 4) is 0 Å². The van der Waals surface area contributed by atoms with Crippen molar-refractivity contribution in [3.05, 3.63) is 0 Å². The molecule has 0 saturated carbocycles. The zero-order valence-corrected chi connectivity index (χ0v) is 9.55. The van der Waals surface area contributed by atoms with Gasteiger partial charge in [-0.1, -0.05) is 0 Å². The van der Waals surface area contributed by atoms with Crippen LogP contribution in [0.15, 0.2) is 0 Å². The normalized spacial score (nSPS) is 8.67. The molecule has 0 N–H and O–H groups in total. The molecule has 0 rings (SSSR count). The van der Waals surface area contributed by atoms with Crippen LogP contribution >= 0.6 is 0 Å². The minimum atomic E-state index is 0. The van der Waals surface area contributed by atoms with Gasteiger partial charge in [-0.25, -0.2) is 0 Å². The van der Waals surface area contributed by atoms with Crippen LogP contribution < -0.4 is 0 Å². The Morgan fingerprint density at radius 1 is 0.778 bits per heavy atom. The first kappa shape index (κ1) is 16.6. The van der Waals surface area contributed by atoms with E-state index in [2.05, 4.69) is 38.0 Å². The van der Waals surface area contributed by atoms with Gasteiger partial charge in [0, 0.05) is 45.6 Å². The van der Waals surface area contributed by atoms with Gasteiger partial charge in [-0.15, -0.1) is 0 Å². The van der Waals surface area contributed by atoms with E-state index in [4.69, 9.17) is 0 Å². The molecule has 0 amide bonds. The molecule has 0 atom stereocenters. The van der Waals surface area contributed by atoms with Gasteiger partial charge in [0.05, 0.1) is 0 Å². The average molecular weight is 308 g/mol. The molecule has 4 heteroatoms. The van der Waals surface area contributed by atoms with Crippen molar-refractivity contribution in [2.75, 3.05) is 34.9 Å². The molecule has 0 spiro atoms. The Kier molecular flexibility index (Phi) is 16.9. The Bertz CT molecular complexity index is 42.2. The SMILES string of the molecule is CN(C)CN(C)C.[Rh].[Rh]. The molecular formula is C5H14N2Rh2. The van der Waals surface area contributed by atoms with Crippen molar-refractivity contribution in [1.82, 2.24) is 9.80 Å². The summed E-state index contributed by atoms with van der Waals surface area (Å²) in [4.78, 5) is 4.25. The van der Waals surface area contributed by atoms with Gasteiger partial charge in [0.1, 0.15) is 0 Å². The molecular weight excluding hydrogens is 294 g/mol. The van der Waals surface area contributed by atoms with Crippen LogP contribution in [0.2, 0.25) is 0 Å². The van der Waals surface area contributed by atoms with E-state index in [0.717, 1.165) is 6.67 Å². The van der Waals surface area contributed by atoms with Crippen LogP contribution in [-0.2, 0) is 39.0 Å². The summed E-state index contributed by atoms with van der Waals surface area (Å²) in [6.45, 7) is 1.03. The molecule has 9 heavy (non-hydrogen) atoms. The fraction of sp³-hybridized carbons (Fsp3) is 1.00. The molecule has 0 aliphatic rings. The zero-order valence-electron chi connectivity index (χ0n) is 6.27. The molecule has 2 nitrogen and oxygen atoms in total. The molecule has 0 saturated heterocycles. The maximum absolute atomic E-state index is 2.12. The summed E-state index contributed by atoms with van der Waals surface area (Å²) >= 11 is 0. The molecule has 0 aliphatic heterocycles. The Balaban J connectivity index is -0.000000180. The van der Waals surface area contributed by atoms with E-state index in [0.29, 0.717) is 0 Å². The monoisotopic (exact) mass is 308 g/mol. The predicted octanol–water partition coefficient (Wildman–Crippen LogP) is 0.0621. The minimum absolute atomic E-state index is 0.